The van der Waals surface area contributed by atoms with Gasteiger partial charge in [-0.15, -0.1) is 0 Å². The number of hydrogen-bond acceptors (Lipinski definition) is 3. The lowest BCUT2D eigenvalue weighted by Crippen LogP contribution is -2.46. The minimum absolute atomic E-state index is 0.281. The van der Waals surface area contributed by atoms with Crippen molar-refractivity contribution >= 4 is 29.3 Å². The summed E-state index contributed by atoms with van der Waals surface area (Å²) in [5, 5.41) is 5.08. The molecule has 2 aromatic carbocycles. The number of nitrogens with one attached hydrogen (secondary N) is 2. The molecule has 0 spiro atoms. The Morgan fingerprint density at radius 2 is 1.68 bits per heavy atom. The fourth-order valence-electron chi connectivity index (χ4n) is 2.21. The van der Waals surface area contributed by atoms with Crippen molar-refractivity contribution in [2.24, 2.45) is 0 Å². The van der Waals surface area contributed by atoms with E-state index in [2.05, 4.69) is 10.6 Å². The predicted molar refractivity (Wildman–Crippen MR) is 94.5 cm³/mol. The third-order valence-corrected chi connectivity index (χ3v) is 4.15. The maximum atomic E-state index is 12.4. The second-order valence-corrected chi connectivity index (χ2v) is 6.87. The molecule has 0 aliphatic rings. The van der Waals surface area contributed by atoms with E-state index in [1.165, 1.54) is 24.3 Å². The number of halogens is 2. The van der Waals surface area contributed by atoms with Crippen LogP contribution >= 0.6 is 11.8 Å². The number of carbonyl (C=O) groups is 2. The highest BCUT2D eigenvalue weighted by Gasteiger charge is 2.26. The average Bonchev–Trinajstić information content (AvgIpc) is 2.55. The zero-order valence-corrected chi connectivity index (χ0v) is 14.6. The van der Waals surface area contributed by atoms with Crippen molar-refractivity contribution in [1.82, 2.24) is 5.32 Å². The highest BCUT2D eigenvalue weighted by Crippen LogP contribution is 2.27. The van der Waals surface area contributed by atoms with E-state index in [1.54, 1.807) is 13.8 Å². The Balaban J connectivity index is 2.02. The van der Waals surface area contributed by atoms with Crippen LogP contribution in [0.25, 0.3) is 0 Å². The molecule has 0 atom stereocenters. The molecule has 2 aromatic rings. The SMILES string of the molecule is CC(C)(NC(=O)C(=O)Nc1cccc(SC(F)F)c1)c1ccccc1. The van der Waals surface area contributed by atoms with E-state index < -0.39 is 23.1 Å². The Bertz CT molecular complexity index is 752. The van der Waals surface area contributed by atoms with Crippen LogP contribution in [0.3, 0.4) is 0 Å². The van der Waals surface area contributed by atoms with E-state index in [4.69, 9.17) is 0 Å². The van der Waals surface area contributed by atoms with Crippen LogP contribution in [0.5, 0.6) is 0 Å². The molecule has 0 heterocycles. The molecule has 2 N–H and O–H groups in total. The molecule has 0 aliphatic carbocycles. The van der Waals surface area contributed by atoms with Gasteiger partial charge in [-0.3, -0.25) is 9.59 Å². The predicted octanol–water partition coefficient (Wildman–Crippen LogP) is 3.99. The van der Waals surface area contributed by atoms with Gasteiger partial charge in [0.25, 0.3) is 5.76 Å². The summed E-state index contributed by atoms with van der Waals surface area (Å²) in [6.45, 7) is 3.57. The fourth-order valence-corrected chi connectivity index (χ4v) is 2.76. The van der Waals surface area contributed by atoms with Crippen LogP contribution in [0.1, 0.15) is 19.4 Å². The van der Waals surface area contributed by atoms with E-state index in [0.29, 0.717) is 16.7 Å². The molecular formula is C18H18F2N2O2S. The molecule has 0 saturated heterocycles. The summed E-state index contributed by atoms with van der Waals surface area (Å²) < 4.78 is 24.8. The standard InChI is InChI=1S/C18H18F2N2O2S/c1-18(2,12-7-4-3-5-8-12)22-16(24)15(23)21-13-9-6-10-14(11-13)25-17(19)20/h3-11,17H,1-2H3,(H,21,23)(H,22,24). The Morgan fingerprint density at radius 3 is 2.32 bits per heavy atom. The topological polar surface area (TPSA) is 58.2 Å². The lowest BCUT2D eigenvalue weighted by molar-refractivity contribution is -0.137. The van der Waals surface area contributed by atoms with Crippen LogP contribution in [0.4, 0.5) is 14.5 Å². The first-order valence-corrected chi connectivity index (χ1v) is 8.40. The van der Waals surface area contributed by atoms with Crippen molar-refractivity contribution in [3.8, 4) is 0 Å². The first-order chi connectivity index (χ1) is 11.8. The molecule has 0 saturated carbocycles. The van der Waals surface area contributed by atoms with Crippen LogP contribution in [0, 0.1) is 0 Å². The minimum Gasteiger partial charge on any atom is -0.339 e. The van der Waals surface area contributed by atoms with Crippen molar-refractivity contribution in [1.29, 1.82) is 0 Å². The van der Waals surface area contributed by atoms with Crippen LogP contribution in [-0.2, 0) is 15.1 Å². The van der Waals surface area contributed by atoms with Crippen LogP contribution in [0.2, 0.25) is 0 Å². The number of thioether (sulfide) groups is 1. The molecule has 0 unspecified atom stereocenters. The summed E-state index contributed by atoms with van der Waals surface area (Å²) in [5.74, 6) is -4.22. The molecule has 7 heteroatoms. The van der Waals surface area contributed by atoms with Gasteiger partial charge in [0.1, 0.15) is 0 Å². The Labute approximate surface area is 149 Å². The van der Waals surface area contributed by atoms with E-state index >= 15 is 0 Å². The number of alkyl halides is 2. The van der Waals surface area contributed by atoms with E-state index in [1.807, 2.05) is 30.3 Å². The largest absolute Gasteiger partial charge is 0.339 e. The molecule has 2 amide bonds. The minimum atomic E-state index is -2.55. The van der Waals surface area contributed by atoms with Gasteiger partial charge in [0.15, 0.2) is 0 Å². The second-order valence-electron chi connectivity index (χ2n) is 5.81. The summed E-state index contributed by atoms with van der Waals surface area (Å²) in [7, 11) is 0. The lowest BCUT2D eigenvalue weighted by atomic mass is 9.94. The second kappa shape index (κ2) is 8.11. The van der Waals surface area contributed by atoms with Gasteiger partial charge >= 0.3 is 11.8 Å². The molecule has 0 aliphatic heterocycles. The highest BCUT2D eigenvalue weighted by molar-refractivity contribution is 7.99. The number of hydrogen-bond donors (Lipinski definition) is 2. The molecule has 0 aromatic heterocycles. The van der Waals surface area contributed by atoms with Gasteiger partial charge in [-0.2, -0.15) is 8.78 Å². The molecule has 0 radical (unpaired) electrons. The highest BCUT2D eigenvalue weighted by atomic mass is 32.2. The smallest absolute Gasteiger partial charge is 0.313 e. The van der Waals surface area contributed by atoms with Crippen molar-refractivity contribution in [3.63, 3.8) is 0 Å². The monoisotopic (exact) mass is 364 g/mol. The summed E-state index contributed by atoms with van der Waals surface area (Å²) in [6, 6.07) is 15.2. The Kier molecular flexibility index (Phi) is 6.14. The van der Waals surface area contributed by atoms with Gasteiger partial charge in [0.05, 0.1) is 5.54 Å². The van der Waals surface area contributed by atoms with Crippen molar-refractivity contribution in [3.05, 3.63) is 60.2 Å². The van der Waals surface area contributed by atoms with Crippen LogP contribution in [0.15, 0.2) is 59.5 Å². The number of rotatable bonds is 5. The first kappa shape index (κ1) is 18.9. The summed E-state index contributed by atoms with van der Waals surface area (Å²) in [6.07, 6.45) is 0. The maximum absolute atomic E-state index is 12.4. The molecule has 132 valence electrons. The third-order valence-electron chi connectivity index (χ3n) is 3.44. The zero-order chi connectivity index (χ0) is 18.4. The average molecular weight is 364 g/mol. The maximum Gasteiger partial charge on any atom is 0.313 e. The molecule has 2 rings (SSSR count). The van der Waals surface area contributed by atoms with Crippen molar-refractivity contribution in [2.75, 3.05) is 5.32 Å². The van der Waals surface area contributed by atoms with E-state index in [9.17, 15) is 18.4 Å². The van der Waals surface area contributed by atoms with Crippen LogP contribution in [-0.4, -0.2) is 17.6 Å². The molecule has 0 bridgehead atoms. The van der Waals surface area contributed by atoms with Gasteiger partial charge < -0.3 is 10.6 Å². The molecule has 25 heavy (non-hydrogen) atoms. The summed E-state index contributed by atoms with van der Waals surface area (Å²) in [5.41, 5.74) is 0.401. The Morgan fingerprint density at radius 1 is 1.00 bits per heavy atom. The summed E-state index contributed by atoms with van der Waals surface area (Å²) >= 11 is 0.370. The number of anilines is 1. The molecule has 0 fully saturated rings. The number of amides is 2. The molecular weight excluding hydrogens is 346 g/mol. The number of carbonyl (C=O) groups excluding carboxylic acids is 2. The van der Waals surface area contributed by atoms with Crippen LogP contribution < -0.4 is 10.6 Å². The van der Waals surface area contributed by atoms with Gasteiger partial charge in [-0.05, 0) is 37.6 Å². The van der Waals surface area contributed by atoms with Crippen molar-refractivity contribution < 1.29 is 18.4 Å². The summed E-state index contributed by atoms with van der Waals surface area (Å²) in [4.78, 5) is 24.5. The van der Waals surface area contributed by atoms with E-state index in [0.717, 1.165) is 5.56 Å². The Hall–Kier alpha value is -2.41. The third kappa shape index (κ3) is 5.56. The van der Waals surface area contributed by atoms with Gasteiger partial charge in [-0.25, -0.2) is 0 Å². The van der Waals surface area contributed by atoms with Gasteiger partial charge in [0.2, 0.25) is 0 Å². The van der Waals surface area contributed by atoms with Gasteiger partial charge in [-0.1, -0.05) is 48.2 Å². The van der Waals surface area contributed by atoms with Gasteiger partial charge in [0, 0.05) is 10.6 Å². The molecule has 4 nitrogen and oxygen atoms in total. The number of benzene rings is 2. The quantitative estimate of drug-likeness (QED) is 0.623. The normalized spacial score (nSPS) is 11.2. The fraction of sp³-hybridized carbons (Fsp3) is 0.222. The van der Waals surface area contributed by atoms with E-state index in [-0.39, 0.29) is 5.69 Å². The van der Waals surface area contributed by atoms with Crippen molar-refractivity contribution in [2.45, 2.75) is 30.0 Å². The first-order valence-electron chi connectivity index (χ1n) is 7.52. The zero-order valence-electron chi connectivity index (χ0n) is 13.8. The lowest BCUT2D eigenvalue weighted by Gasteiger charge is -2.26.